The van der Waals surface area contributed by atoms with Gasteiger partial charge in [-0.2, -0.15) is 0 Å². The van der Waals surface area contributed by atoms with Crippen LogP contribution in [0.5, 0.6) is 5.75 Å². The molecule has 15 heavy (non-hydrogen) atoms. The summed E-state index contributed by atoms with van der Waals surface area (Å²) in [6.07, 6.45) is 2.90. The fraction of sp³-hybridized carbons (Fsp3) is 0. The minimum Gasteiger partial charge on any atom is -0.423 e. The maximum Gasteiger partial charge on any atom is 0.335 e. The van der Waals surface area contributed by atoms with Crippen molar-refractivity contribution in [1.82, 2.24) is 0 Å². The number of hydrogen-bond donors (Lipinski definition) is 2. The molecule has 0 aliphatic carbocycles. The first-order chi connectivity index (χ1) is 7.11. The van der Waals surface area contributed by atoms with Gasteiger partial charge in [-0.3, -0.25) is 0 Å². The molecule has 0 fully saturated rings. The smallest absolute Gasteiger partial charge is 0.335 e. The summed E-state index contributed by atoms with van der Waals surface area (Å²) in [5, 5.41) is 0. The monoisotopic (exact) mass is 238 g/mol. The topological polar surface area (TPSA) is 26.3 Å². The Bertz CT molecular complexity index is 390. The highest BCUT2D eigenvalue weighted by Crippen LogP contribution is 2.17. The van der Waals surface area contributed by atoms with Gasteiger partial charge in [0.15, 0.2) is 0 Å². The fourth-order valence-corrected chi connectivity index (χ4v) is 1.24. The van der Waals surface area contributed by atoms with E-state index in [9.17, 15) is 4.79 Å². The van der Waals surface area contributed by atoms with Crippen LogP contribution in [0.15, 0.2) is 41.2 Å². The zero-order chi connectivity index (χ0) is 11.3. The van der Waals surface area contributed by atoms with E-state index in [-0.39, 0.29) is 0 Å². The first-order valence-electron chi connectivity index (χ1n) is 4.16. The molecular weight excluding hydrogens is 228 g/mol. The molecule has 0 unspecified atom stereocenters. The van der Waals surface area contributed by atoms with E-state index in [2.05, 4.69) is 31.8 Å². The molecule has 1 rings (SSSR count). The quantitative estimate of drug-likeness (QED) is 0.366. The van der Waals surface area contributed by atoms with Crippen LogP contribution in [0.2, 0.25) is 0 Å². The summed E-state index contributed by atoms with van der Waals surface area (Å²) < 4.78 is 5.52. The van der Waals surface area contributed by atoms with E-state index in [4.69, 9.17) is 4.74 Å². The molecule has 4 heteroatoms. The van der Waals surface area contributed by atoms with Crippen LogP contribution in [0.25, 0.3) is 6.08 Å². The molecule has 1 aromatic carbocycles. The number of thiol groups is 2. The summed E-state index contributed by atoms with van der Waals surface area (Å²) >= 11 is 8.07. The second-order valence-electron chi connectivity index (χ2n) is 2.70. The molecule has 0 heterocycles. The summed E-state index contributed by atoms with van der Waals surface area (Å²) in [4.78, 5) is 10.9. The molecule has 78 valence electrons. The van der Waals surface area contributed by atoms with Crippen molar-refractivity contribution in [3.63, 3.8) is 0 Å². The van der Waals surface area contributed by atoms with Crippen molar-refractivity contribution in [2.45, 2.75) is 0 Å². The number of hydrogen-bond acceptors (Lipinski definition) is 4. The molecular formula is C11H10O2S2. The molecule has 0 saturated heterocycles. The van der Waals surface area contributed by atoms with Crippen molar-refractivity contribution in [2.24, 2.45) is 0 Å². The Morgan fingerprint density at radius 2 is 1.87 bits per heavy atom. The van der Waals surface area contributed by atoms with Crippen LogP contribution in [-0.2, 0) is 4.79 Å². The highest BCUT2D eigenvalue weighted by atomic mass is 32.2. The van der Waals surface area contributed by atoms with Gasteiger partial charge < -0.3 is 4.74 Å². The van der Waals surface area contributed by atoms with Gasteiger partial charge in [-0.15, -0.1) is 25.3 Å². The average Bonchev–Trinajstić information content (AvgIpc) is 2.20. The van der Waals surface area contributed by atoms with Crippen LogP contribution in [0.1, 0.15) is 5.56 Å². The molecule has 0 N–H and O–H groups in total. The fourth-order valence-electron chi connectivity index (χ4n) is 0.939. The summed E-state index contributed by atoms with van der Waals surface area (Å²) in [5.74, 6) is 0.0132. The lowest BCUT2D eigenvalue weighted by atomic mass is 10.2. The maximum absolute atomic E-state index is 10.9. The minimum absolute atomic E-state index is 0.470. The molecule has 1 aromatic rings. The van der Waals surface area contributed by atoms with Gasteiger partial charge in [0, 0.05) is 10.3 Å². The molecule has 0 radical (unpaired) electrons. The van der Waals surface area contributed by atoms with Gasteiger partial charge in [0.2, 0.25) is 0 Å². The van der Waals surface area contributed by atoms with Gasteiger partial charge in [0.1, 0.15) is 5.75 Å². The summed E-state index contributed by atoms with van der Waals surface area (Å²) in [6.45, 7) is 3.31. The van der Waals surface area contributed by atoms with Crippen LogP contribution in [-0.4, -0.2) is 5.97 Å². The highest BCUT2D eigenvalue weighted by Gasteiger charge is 1.98. The summed E-state index contributed by atoms with van der Waals surface area (Å²) in [7, 11) is 0. The third-order valence-corrected chi connectivity index (χ3v) is 1.82. The highest BCUT2D eigenvalue weighted by molar-refractivity contribution is 8.05. The van der Waals surface area contributed by atoms with E-state index in [0.29, 0.717) is 9.99 Å². The third kappa shape index (κ3) is 4.27. The first-order valence-corrected chi connectivity index (χ1v) is 5.05. The van der Waals surface area contributed by atoms with Crippen molar-refractivity contribution >= 4 is 37.3 Å². The Kier molecular flexibility index (Phi) is 4.52. The van der Waals surface area contributed by atoms with Crippen molar-refractivity contribution in [3.8, 4) is 5.75 Å². The molecule has 0 aromatic heterocycles. The predicted molar refractivity (Wildman–Crippen MR) is 68.2 cm³/mol. The largest absolute Gasteiger partial charge is 0.423 e. The number of carbonyl (C=O) groups excluding carboxylic acids is 1. The molecule has 0 saturated carbocycles. The standard InChI is InChI=1S/C11H10O2S2/c1-2-10(12)13-9-5-3-8(4-6-9)7-11(14)15/h2-7,14-15H,1H2. The molecule has 0 spiro atoms. The van der Waals surface area contributed by atoms with Crippen LogP contribution in [0, 0.1) is 0 Å². The number of rotatable bonds is 3. The number of esters is 1. The van der Waals surface area contributed by atoms with Gasteiger partial charge in [-0.05, 0) is 23.8 Å². The lowest BCUT2D eigenvalue weighted by Crippen LogP contribution is -2.02. The Balaban J connectivity index is 2.76. The van der Waals surface area contributed by atoms with Gasteiger partial charge in [-0.25, -0.2) is 4.79 Å². The number of benzene rings is 1. The lowest BCUT2D eigenvalue weighted by molar-refractivity contribution is -0.128. The molecule has 0 bridgehead atoms. The molecule has 0 atom stereocenters. The van der Waals surface area contributed by atoms with Crippen molar-refractivity contribution < 1.29 is 9.53 Å². The molecule has 0 amide bonds. The normalized spacial score (nSPS) is 9.20. The average molecular weight is 238 g/mol. The SMILES string of the molecule is C=CC(=O)Oc1ccc(C=C(S)S)cc1. The lowest BCUT2D eigenvalue weighted by Gasteiger charge is -2.01. The van der Waals surface area contributed by atoms with Gasteiger partial charge in [0.25, 0.3) is 0 Å². The van der Waals surface area contributed by atoms with E-state index >= 15 is 0 Å². The van der Waals surface area contributed by atoms with E-state index in [1.807, 2.05) is 0 Å². The Morgan fingerprint density at radius 1 is 1.27 bits per heavy atom. The van der Waals surface area contributed by atoms with Gasteiger partial charge in [-0.1, -0.05) is 18.7 Å². The van der Waals surface area contributed by atoms with Crippen LogP contribution in [0.3, 0.4) is 0 Å². The van der Waals surface area contributed by atoms with Crippen molar-refractivity contribution in [2.75, 3.05) is 0 Å². The number of ether oxygens (including phenoxy) is 1. The van der Waals surface area contributed by atoms with E-state index in [0.717, 1.165) is 11.6 Å². The molecule has 0 aliphatic heterocycles. The van der Waals surface area contributed by atoms with Crippen molar-refractivity contribution in [3.05, 3.63) is 46.7 Å². The Hall–Kier alpha value is -1.13. The van der Waals surface area contributed by atoms with E-state index in [1.54, 1.807) is 30.3 Å². The van der Waals surface area contributed by atoms with Crippen LogP contribution < -0.4 is 4.74 Å². The van der Waals surface area contributed by atoms with E-state index in [1.165, 1.54) is 0 Å². The van der Waals surface area contributed by atoms with Crippen molar-refractivity contribution in [1.29, 1.82) is 0 Å². The summed E-state index contributed by atoms with van der Waals surface area (Å²) in [5.41, 5.74) is 0.938. The zero-order valence-corrected chi connectivity index (χ0v) is 9.67. The Morgan fingerprint density at radius 3 is 2.33 bits per heavy atom. The zero-order valence-electron chi connectivity index (χ0n) is 7.88. The first kappa shape index (κ1) is 11.9. The van der Waals surface area contributed by atoms with E-state index < -0.39 is 5.97 Å². The minimum atomic E-state index is -0.470. The second kappa shape index (κ2) is 5.68. The molecule has 2 nitrogen and oxygen atoms in total. The second-order valence-corrected chi connectivity index (χ2v) is 4.01. The number of carbonyl (C=O) groups is 1. The van der Waals surface area contributed by atoms with Crippen LogP contribution >= 0.6 is 25.3 Å². The van der Waals surface area contributed by atoms with Gasteiger partial charge in [0.05, 0.1) is 0 Å². The Labute approximate surface area is 99.5 Å². The summed E-state index contributed by atoms with van der Waals surface area (Å²) in [6, 6.07) is 6.99. The molecule has 0 aliphatic rings. The third-order valence-electron chi connectivity index (χ3n) is 1.56. The maximum atomic E-state index is 10.9. The van der Waals surface area contributed by atoms with Crippen LogP contribution in [0.4, 0.5) is 0 Å². The van der Waals surface area contributed by atoms with Gasteiger partial charge >= 0.3 is 5.97 Å². The predicted octanol–water partition coefficient (Wildman–Crippen LogP) is 2.94.